The Balaban J connectivity index is 3.19. The van der Waals surface area contributed by atoms with E-state index in [4.69, 9.17) is 11.1 Å². The van der Waals surface area contributed by atoms with Crippen LogP contribution in [-0.2, 0) is 0 Å². The number of hydrogen-bond acceptors (Lipinski definition) is 3. The fraction of sp³-hybridized carbons (Fsp3) is 0. The minimum absolute atomic E-state index is 0.563. The highest BCUT2D eigenvalue weighted by Crippen LogP contribution is 2.16. The van der Waals surface area contributed by atoms with E-state index in [1.807, 2.05) is 18.2 Å². The lowest BCUT2D eigenvalue weighted by Crippen LogP contribution is -2.08. The van der Waals surface area contributed by atoms with Crippen molar-refractivity contribution in [3.63, 3.8) is 0 Å². The highest BCUT2D eigenvalue weighted by Gasteiger charge is 1.98. The van der Waals surface area contributed by atoms with Crippen LogP contribution in [0.5, 0.6) is 0 Å². The van der Waals surface area contributed by atoms with Crippen LogP contribution in [0, 0.1) is 14.9 Å². The van der Waals surface area contributed by atoms with Gasteiger partial charge in [-0.25, -0.2) is 0 Å². The Morgan fingerprint density at radius 2 is 2.27 bits per heavy atom. The maximum Gasteiger partial charge on any atom is 0.101 e. The molecule has 0 amide bonds. The van der Waals surface area contributed by atoms with Crippen LogP contribution in [0.15, 0.2) is 18.2 Å². The predicted octanol–water partition coefficient (Wildman–Crippen LogP) is 1.45. The number of nitrogens with one attached hydrogen (secondary N) is 1. The molecule has 0 radical (unpaired) electrons. The SMILES string of the molecule is N#Cc1ccc(I)cc1NN. The molecule has 0 atom stereocenters. The number of nitrogens with two attached hydrogens (primary N) is 1. The van der Waals surface area contributed by atoms with Crippen molar-refractivity contribution in [3.05, 3.63) is 27.3 Å². The minimum atomic E-state index is 0.563. The average Bonchev–Trinajstić information content (AvgIpc) is 2.04. The van der Waals surface area contributed by atoms with Gasteiger partial charge in [-0.05, 0) is 40.8 Å². The third kappa shape index (κ3) is 1.82. The second-order valence-electron chi connectivity index (χ2n) is 1.95. The number of anilines is 1. The van der Waals surface area contributed by atoms with Gasteiger partial charge in [-0.1, -0.05) is 0 Å². The van der Waals surface area contributed by atoms with Gasteiger partial charge in [-0.2, -0.15) is 5.26 Å². The summed E-state index contributed by atoms with van der Waals surface area (Å²) in [6.45, 7) is 0. The van der Waals surface area contributed by atoms with E-state index in [0.29, 0.717) is 11.3 Å². The van der Waals surface area contributed by atoms with E-state index in [1.165, 1.54) is 0 Å². The monoisotopic (exact) mass is 259 g/mol. The van der Waals surface area contributed by atoms with Crippen molar-refractivity contribution in [1.29, 1.82) is 5.26 Å². The van der Waals surface area contributed by atoms with Gasteiger partial charge in [0.2, 0.25) is 0 Å². The van der Waals surface area contributed by atoms with Crippen LogP contribution in [-0.4, -0.2) is 0 Å². The van der Waals surface area contributed by atoms with Crippen molar-refractivity contribution >= 4 is 28.3 Å². The fourth-order valence-corrected chi connectivity index (χ4v) is 1.22. The van der Waals surface area contributed by atoms with Gasteiger partial charge in [0.1, 0.15) is 6.07 Å². The zero-order chi connectivity index (χ0) is 8.27. The Bertz CT molecular complexity index is 303. The first kappa shape index (κ1) is 8.30. The summed E-state index contributed by atoms with van der Waals surface area (Å²) in [5.41, 5.74) is 3.69. The highest BCUT2D eigenvalue weighted by atomic mass is 127. The van der Waals surface area contributed by atoms with E-state index in [9.17, 15) is 0 Å². The summed E-state index contributed by atoms with van der Waals surface area (Å²) in [4.78, 5) is 0. The van der Waals surface area contributed by atoms with Gasteiger partial charge in [0, 0.05) is 3.57 Å². The third-order valence-electron chi connectivity index (χ3n) is 1.26. The highest BCUT2D eigenvalue weighted by molar-refractivity contribution is 14.1. The Kier molecular flexibility index (Phi) is 2.68. The smallest absolute Gasteiger partial charge is 0.101 e. The molecular weight excluding hydrogens is 253 g/mol. The first-order valence-corrected chi connectivity index (χ1v) is 4.02. The molecule has 56 valence electrons. The third-order valence-corrected chi connectivity index (χ3v) is 1.93. The normalized spacial score (nSPS) is 8.82. The largest absolute Gasteiger partial charge is 0.323 e. The van der Waals surface area contributed by atoms with Crippen LogP contribution in [0.2, 0.25) is 0 Å². The van der Waals surface area contributed by atoms with Gasteiger partial charge >= 0.3 is 0 Å². The molecule has 0 fully saturated rings. The molecule has 1 rings (SSSR count). The summed E-state index contributed by atoms with van der Waals surface area (Å²) in [5, 5.41) is 8.59. The molecule has 11 heavy (non-hydrogen) atoms. The van der Waals surface area contributed by atoms with Crippen LogP contribution in [0.3, 0.4) is 0 Å². The topological polar surface area (TPSA) is 61.8 Å². The van der Waals surface area contributed by atoms with Crippen LogP contribution in [0.4, 0.5) is 5.69 Å². The molecule has 0 spiro atoms. The predicted molar refractivity (Wildman–Crippen MR) is 51.7 cm³/mol. The zero-order valence-electron chi connectivity index (χ0n) is 5.63. The lowest BCUT2D eigenvalue weighted by Gasteiger charge is -2.01. The maximum absolute atomic E-state index is 8.59. The quantitative estimate of drug-likeness (QED) is 0.456. The van der Waals surface area contributed by atoms with Gasteiger partial charge in [-0.15, -0.1) is 0 Å². The molecular formula is C7H6IN3. The van der Waals surface area contributed by atoms with Crippen molar-refractivity contribution in [2.24, 2.45) is 5.84 Å². The van der Waals surface area contributed by atoms with Crippen LogP contribution in [0.1, 0.15) is 5.56 Å². The van der Waals surface area contributed by atoms with E-state index in [0.717, 1.165) is 3.57 Å². The number of nitriles is 1. The van der Waals surface area contributed by atoms with Crippen LogP contribution >= 0.6 is 22.6 Å². The van der Waals surface area contributed by atoms with Gasteiger partial charge in [0.25, 0.3) is 0 Å². The second-order valence-corrected chi connectivity index (χ2v) is 3.19. The van der Waals surface area contributed by atoms with Gasteiger partial charge < -0.3 is 5.43 Å². The first-order valence-electron chi connectivity index (χ1n) is 2.94. The van der Waals surface area contributed by atoms with Gasteiger partial charge in [0.15, 0.2) is 0 Å². The Labute approximate surface area is 78.3 Å². The zero-order valence-corrected chi connectivity index (χ0v) is 7.79. The number of hydrazine groups is 1. The molecule has 0 heterocycles. The lowest BCUT2D eigenvalue weighted by molar-refractivity contribution is 1.33. The van der Waals surface area contributed by atoms with E-state index >= 15 is 0 Å². The number of nitrogens with zero attached hydrogens (tertiary/aromatic N) is 1. The summed E-state index contributed by atoms with van der Waals surface area (Å²) < 4.78 is 1.05. The number of halogens is 1. The molecule has 0 saturated heterocycles. The summed E-state index contributed by atoms with van der Waals surface area (Å²) in [6, 6.07) is 7.44. The fourth-order valence-electron chi connectivity index (χ4n) is 0.733. The van der Waals surface area contributed by atoms with Crippen molar-refractivity contribution in [2.45, 2.75) is 0 Å². The molecule has 3 nitrogen and oxygen atoms in total. The molecule has 4 heteroatoms. The van der Waals surface area contributed by atoms with Crippen molar-refractivity contribution < 1.29 is 0 Å². The molecule has 3 N–H and O–H groups in total. The van der Waals surface area contributed by atoms with E-state index < -0.39 is 0 Å². The Hall–Kier alpha value is -0.800. The Morgan fingerprint density at radius 3 is 2.82 bits per heavy atom. The van der Waals surface area contributed by atoms with Gasteiger partial charge in [0.05, 0.1) is 11.3 Å². The van der Waals surface area contributed by atoms with Crippen molar-refractivity contribution in [3.8, 4) is 6.07 Å². The summed E-state index contributed by atoms with van der Waals surface area (Å²) in [5.74, 6) is 5.19. The Morgan fingerprint density at radius 1 is 1.55 bits per heavy atom. The van der Waals surface area contributed by atoms with E-state index in [1.54, 1.807) is 6.07 Å². The van der Waals surface area contributed by atoms with Gasteiger partial charge in [-0.3, -0.25) is 5.84 Å². The number of benzene rings is 1. The van der Waals surface area contributed by atoms with E-state index in [2.05, 4.69) is 28.0 Å². The summed E-state index contributed by atoms with van der Waals surface area (Å²) in [6.07, 6.45) is 0. The lowest BCUT2D eigenvalue weighted by atomic mass is 10.2. The standard InChI is InChI=1S/C7H6IN3/c8-6-2-1-5(4-9)7(3-6)11-10/h1-3,11H,10H2. The van der Waals surface area contributed by atoms with Crippen molar-refractivity contribution in [2.75, 3.05) is 5.43 Å². The first-order chi connectivity index (χ1) is 5.27. The molecule has 0 aliphatic heterocycles. The maximum atomic E-state index is 8.59. The minimum Gasteiger partial charge on any atom is -0.323 e. The van der Waals surface area contributed by atoms with Crippen LogP contribution < -0.4 is 11.3 Å². The summed E-state index contributed by atoms with van der Waals surface area (Å²) in [7, 11) is 0. The molecule has 0 saturated carbocycles. The number of rotatable bonds is 1. The molecule has 0 aromatic heterocycles. The number of hydrogen-bond donors (Lipinski definition) is 2. The number of nitrogen functional groups attached to an aromatic ring is 1. The van der Waals surface area contributed by atoms with E-state index in [-0.39, 0.29) is 0 Å². The molecule has 0 unspecified atom stereocenters. The van der Waals surface area contributed by atoms with Crippen molar-refractivity contribution in [1.82, 2.24) is 0 Å². The molecule has 0 aliphatic carbocycles. The molecule has 1 aromatic carbocycles. The molecule has 0 aliphatic rings. The molecule has 1 aromatic rings. The summed E-state index contributed by atoms with van der Waals surface area (Å²) >= 11 is 2.16. The second kappa shape index (κ2) is 3.55. The molecule has 0 bridgehead atoms. The van der Waals surface area contributed by atoms with Crippen LogP contribution in [0.25, 0.3) is 0 Å². The average molecular weight is 259 g/mol.